The second-order valence-electron chi connectivity index (χ2n) is 7.10. The van der Waals surface area contributed by atoms with Crippen molar-refractivity contribution < 1.29 is 14.3 Å². The molecule has 0 saturated carbocycles. The highest BCUT2D eigenvalue weighted by Gasteiger charge is 2.16. The Kier molecular flexibility index (Phi) is 4.58. The number of nitrogens with zero attached hydrogens (tertiary/aromatic N) is 5. The summed E-state index contributed by atoms with van der Waals surface area (Å²) in [4.78, 5) is 29.6. The van der Waals surface area contributed by atoms with E-state index in [1.54, 1.807) is 18.2 Å². The number of hydrogen-bond donors (Lipinski definition) is 1. The third-order valence-electron chi connectivity index (χ3n) is 4.82. The Morgan fingerprint density at radius 3 is 2.81 bits per heavy atom. The molecule has 0 radical (unpaired) electrons. The minimum absolute atomic E-state index is 0.0936. The molecule has 0 spiro atoms. The maximum Gasteiger partial charge on any atom is 0.284 e. The zero-order valence-electron chi connectivity index (χ0n) is 16.6. The van der Waals surface area contributed by atoms with Gasteiger partial charge in [0, 0.05) is 11.8 Å². The zero-order valence-corrected chi connectivity index (χ0v) is 16.6. The molecule has 0 saturated heterocycles. The molecular formula is C21H18N6O4. The van der Waals surface area contributed by atoms with Crippen molar-refractivity contribution >= 4 is 22.8 Å². The number of fused-ring (bicyclic) bond motifs is 2. The zero-order chi connectivity index (χ0) is 21.4. The van der Waals surface area contributed by atoms with Crippen molar-refractivity contribution in [3.8, 4) is 17.2 Å². The van der Waals surface area contributed by atoms with E-state index in [2.05, 4.69) is 20.6 Å². The molecule has 3 heterocycles. The van der Waals surface area contributed by atoms with Crippen LogP contribution in [0.25, 0.3) is 16.9 Å². The van der Waals surface area contributed by atoms with Crippen LogP contribution in [0.15, 0.2) is 53.6 Å². The first-order chi connectivity index (χ1) is 15.1. The van der Waals surface area contributed by atoms with Gasteiger partial charge in [-0.15, -0.1) is 5.10 Å². The van der Waals surface area contributed by atoms with Crippen LogP contribution >= 0.6 is 0 Å². The van der Waals surface area contributed by atoms with E-state index in [0.29, 0.717) is 36.0 Å². The molecule has 1 aliphatic heterocycles. The van der Waals surface area contributed by atoms with Crippen molar-refractivity contribution in [2.75, 3.05) is 18.5 Å². The lowest BCUT2D eigenvalue weighted by molar-refractivity contribution is -0.116. The number of amides is 1. The molecule has 0 fully saturated rings. The van der Waals surface area contributed by atoms with Gasteiger partial charge >= 0.3 is 0 Å². The maximum absolute atomic E-state index is 12.8. The molecule has 0 aliphatic carbocycles. The van der Waals surface area contributed by atoms with Gasteiger partial charge in [0.1, 0.15) is 26.1 Å². The number of nitrogens with one attached hydrogen (secondary N) is 1. The van der Waals surface area contributed by atoms with Crippen LogP contribution < -0.4 is 20.3 Å². The lowest BCUT2D eigenvalue weighted by Gasteiger charge is -2.19. The van der Waals surface area contributed by atoms with Gasteiger partial charge in [-0.2, -0.15) is 4.68 Å². The van der Waals surface area contributed by atoms with Crippen molar-refractivity contribution in [1.29, 1.82) is 0 Å². The van der Waals surface area contributed by atoms with Crippen LogP contribution in [0.1, 0.15) is 5.56 Å². The van der Waals surface area contributed by atoms with E-state index in [1.807, 2.05) is 31.2 Å². The molecule has 1 aliphatic rings. The van der Waals surface area contributed by atoms with Crippen LogP contribution in [0.5, 0.6) is 11.5 Å². The molecule has 0 unspecified atom stereocenters. The summed E-state index contributed by atoms with van der Waals surface area (Å²) in [7, 11) is 0. The fourth-order valence-corrected chi connectivity index (χ4v) is 3.37. The molecule has 4 aromatic rings. The highest BCUT2D eigenvalue weighted by molar-refractivity contribution is 5.91. The third-order valence-corrected chi connectivity index (χ3v) is 4.82. The van der Waals surface area contributed by atoms with Crippen molar-refractivity contribution in [1.82, 2.24) is 24.5 Å². The molecule has 2 aromatic carbocycles. The van der Waals surface area contributed by atoms with E-state index in [4.69, 9.17) is 9.47 Å². The Bertz CT molecular complexity index is 1360. The van der Waals surface area contributed by atoms with Gasteiger partial charge in [0.2, 0.25) is 5.91 Å². The van der Waals surface area contributed by atoms with Gasteiger partial charge in [-0.1, -0.05) is 17.3 Å². The number of carbonyl (C=O) groups excluding carboxylic acids is 1. The van der Waals surface area contributed by atoms with E-state index in [9.17, 15) is 9.59 Å². The van der Waals surface area contributed by atoms with Crippen LogP contribution in [0.2, 0.25) is 0 Å². The van der Waals surface area contributed by atoms with Crippen molar-refractivity contribution in [3.05, 3.63) is 64.7 Å². The van der Waals surface area contributed by atoms with Gasteiger partial charge in [-0.3, -0.25) is 14.2 Å². The molecule has 1 amide bonds. The normalized spacial score (nSPS) is 12.7. The van der Waals surface area contributed by atoms with Crippen molar-refractivity contribution in [3.63, 3.8) is 0 Å². The minimum Gasteiger partial charge on any atom is -0.486 e. The van der Waals surface area contributed by atoms with Gasteiger partial charge in [0.15, 0.2) is 22.7 Å². The van der Waals surface area contributed by atoms with Crippen molar-refractivity contribution in [2.24, 2.45) is 0 Å². The lowest BCUT2D eigenvalue weighted by atomic mass is 10.2. The van der Waals surface area contributed by atoms with Gasteiger partial charge in [-0.25, -0.2) is 4.98 Å². The monoisotopic (exact) mass is 418 g/mol. The number of ether oxygens (including phenoxy) is 2. The predicted octanol–water partition coefficient (Wildman–Crippen LogP) is 1.70. The Balaban J connectivity index is 1.38. The minimum atomic E-state index is -0.443. The standard InChI is InChI=1S/C21H18N6O4/c1-13-3-2-4-15(9-13)27-20-19(24-25-27)21(29)26(12-22-20)11-18(28)23-14-5-6-16-17(10-14)31-8-7-30-16/h2-6,9-10,12H,7-8,11H2,1H3,(H,23,28). The van der Waals surface area contributed by atoms with Crippen LogP contribution in [0, 0.1) is 6.92 Å². The molecule has 10 nitrogen and oxygen atoms in total. The smallest absolute Gasteiger partial charge is 0.284 e. The topological polar surface area (TPSA) is 113 Å². The average Bonchev–Trinajstić information content (AvgIpc) is 3.20. The van der Waals surface area contributed by atoms with Gasteiger partial charge in [-0.05, 0) is 36.8 Å². The molecular weight excluding hydrogens is 400 g/mol. The van der Waals surface area contributed by atoms with E-state index in [0.717, 1.165) is 11.3 Å². The van der Waals surface area contributed by atoms with E-state index in [-0.39, 0.29) is 18.0 Å². The van der Waals surface area contributed by atoms with Crippen LogP contribution in [-0.2, 0) is 11.3 Å². The number of hydrogen-bond acceptors (Lipinski definition) is 7. The summed E-state index contributed by atoms with van der Waals surface area (Å²) in [6.07, 6.45) is 1.32. The maximum atomic E-state index is 12.8. The molecule has 0 bridgehead atoms. The summed E-state index contributed by atoms with van der Waals surface area (Å²) in [6, 6.07) is 12.8. The molecule has 156 valence electrons. The highest BCUT2D eigenvalue weighted by atomic mass is 16.6. The highest BCUT2D eigenvalue weighted by Crippen LogP contribution is 2.32. The Labute approximate surface area is 176 Å². The summed E-state index contributed by atoms with van der Waals surface area (Å²) in [6.45, 7) is 2.69. The Morgan fingerprint density at radius 1 is 1.13 bits per heavy atom. The summed E-state index contributed by atoms with van der Waals surface area (Å²) in [5, 5.41) is 10.8. The second kappa shape index (κ2) is 7.56. The van der Waals surface area contributed by atoms with Crippen LogP contribution in [-0.4, -0.2) is 43.7 Å². The Morgan fingerprint density at radius 2 is 1.97 bits per heavy atom. The average molecular weight is 418 g/mol. The second-order valence-corrected chi connectivity index (χ2v) is 7.10. The van der Waals surface area contributed by atoms with Gasteiger partial charge < -0.3 is 14.8 Å². The predicted molar refractivity (Wildman–Crippen MR) is 112 cm³/mol. The number of benzene rings is 2. The fourth-order valence-electron chi connectivity index (χ4n) is 3.37. The quantitative estimate of drug-likeness (QED) is 0.537. The first kappa shape index (κ1) is 18.8. The summed E-state index contributed by atoms with van der Waals surface area (Å²) < 4.78 is 13.7. The van der Waals surface area contributed by atoms with E-state index >= 15 is 0 Å². The number of aryl methyl sites for hydroxylation is 1. The molecule has 5 rings (SSSR count). The number of carbonyl (C=O) groups is 1. The Hall–Kier alpha value is -4.21. The SMILES string of the molecule is Cc1cccc(-n2nnc3c(=O)n(CC(=O)Nc4ccc5c(c4)OCCO5)cnc32)c1. The largest absolute Gasteiger partial charge is 0.486 e. The molecule has 31 heavy (non-hydrogen) atoms. The first-order valence-electron chi connectivity index (χ1n) is 9.66. The van der Waals surface area contributed by atoms with E-state index in [1.165, 1.54) is 15.6 Å². The number of anilines is 1. The fraction of sp³-hybridized carbons (Fsp3) is 0.190. The summed E-state index contributed by atoms with van der Waals surface area (Å²) in [5.74, 6) is 0.815. The third kappa shape index (κ3) is 3.59. The molecule has 1 N–H and O–H groups in total. The summed E-state index contributed by atoms with van der Waals surface area (Å²) >= 11 is 0. The molecule has 2 aromatic heterocycles. The van der Waals surface area contributed by atoms with Gasteiger partial charge in [0.25, 0.3) is 5.56 Å². The van der Waals surface area contributed by atoms with E-state index < -0.39 is 5.56 Å². The molecule has 0 atom stereocenters. The first-order valence-corrected chi connectivity index (χ1v) is 9.66. The van der Waals surface area contributed by atoms with Crippen molar-refractivity contribution in [2.45, 2.75) is 13.5 Å². The molecule has 10 heteroatoms. The lowest BCUT2D eigenvalue weighted by Crippen LogP contribution is -2.28. The summed E-state index contributed by atoms with van der Waals surface area (Å²) in [5.41, 5.74) is 2.33. The van der Waals surface area contributed by atoms with Gasteiger partial charge in [0.05, 0.1) is 5.69 Å². The van der Waals surface area contributed by atoms with Crippen LogP contribution in [0.4, 0.5) is 5.69 Å². The number of rotatable bonds is 4. The number of aromatic nitrogens is 5. The van der Waals surface area contributed by atoms with Crippen LogP contribution in [0.3, 0.4) is 0 Å².